The average molecular weight is 242 g/mol. The summed E-state index contributed by atoms with van der Waals surface area (Å²) in [5.41, 5.74) is 0.359. The molecule has 1 aliphatic rings. The molecule has 2 rings (SSSR count). The normalized spacial score (nSPS) is 19.7. The van der Waals surface area contributed by atoms with Crippen LogP contribution in [0.1, 0.15) is 16.9 Å². The van der Waals surface area contributed by atoms with E-state index in [9.17, 15) is 4.79 Å². The Kier molecular flexibility index (Phi) is 3.74. The number of hydrogen-bond donors (Lipinski definition) is 1. The molecule has 0 saturated carbocycles. The first-order chi connectivity index (χ1) is 7.79. The van der Waals surface area contributed by atoms with Gasteiger partial charge >= 0.3 is 5.97 Å². The fourth-order valence-electron chi connectivity index (χ4n) is 1.53. The molecule has 0 aliphatic carbocycles. The highest BCUT2D eigenvalue weighted by atomic mass is 32.1. The van der Waals surface area contributed by atoms with Crippen molar-refractivity contribution in [1.29, 1.82) is 0 Å². The molecule has 88 valence electrons. The predicted octanol–water partition coefficient (Wildman–Crippen LogP) is 1.38. The molecule has 1 aliphatic heterocycles. The first-order valence-electron chi connectivity index (χ1n) is 5.15. The van der Waals surface area contributed by atoms with Crippen molar-refractivity contribution in [3.05, 3.63) is 11.1 Å². The van der Waals surface area contributed by atoms with Crippen molar-refractivity contribution >= 4 is 22.4 Å². The lowest BCUT2D eigenvalue weighted by molar-refractivity contribution is 0.0595. The first-order valence-corrected chi connectivity index (χ1v) is 6.03. The van der Waals surface area contributed by atoms with Gasteiger partial charge in [0.1, 0.15) is 0 Å². The number of carbonyl (C=O) groups excluding carboxylic acids is 1. The van der Waals surface area contributed by atoms with Crippen molar-refractivity contribution < 1.29 is 14.3 Å². The van der Waals surface area contributed by atoms with Gasteiger partial charge in [-0.15, -0.1) is 11.3 Å². The zero-order chi connectivity index (χ0) is 11.4. The van der Waals surface area contributed by atoms with Gasteiger partial charge < -0.3 is 14.8 Å². The molecule has 6 heteroatoms. The van der Waals surface area contributed by atoms with Crippen LogP contribution in [0.15, 0.2) is 5.38 Å². The third-order valence-corrected chi connectivity index (χ3v) is 3.26. The van der Waals surface area contributed by atoms with Gasteiger partial charge in [0.25, 0.3) is 0 Å². The second-order valence-corrected chi connectivity index (χ2v) is 4.50. The van der Waals surface area contributed by atoms with Crippen molar-refractivity contribution in [2.45, 2.75) is 6.42 Å². The Morgan fingerprint density at radius 1 is 1.81 bits per heavy atom. The van der Waals surface area contributed by atoms with Gasteiger partial charge in [-0.3, -0.25) is 0 Å². The molecular formula is C10H14N2O3S. The Balaban J connectivity index is 1.85. The van der Waals surface area contributed by atoms with Crippen LogP contribution in [-0.2, 0) is 9.47 Å². The maximum Gasteiger partial charge on any atom is 0.357 e. The summed E-state index contributed by atoms with van der Waals surface area (Å²) in [5, 5.41) is 5.66. The van der Waals surface area contributed by atoms with E-state index < -0.39 is 5.97 Å². The van der Waals surface area contributed by atoms with Crippen LogP contribution in [0, 0.1) is 5.92 Å². The number of ether oxygens (including phenoxy) is 2. The number of thiazole rings is 1. The van der Waals surface area contributed by atoms with E-state index in [1.807, 2.05) is 0 Å². The molecule has 5 nitrogen and oxygen atoms in total. The topological polar surface area (TPSA) is 60.5 Å². The van der Waals surface area contributed by atoms with Crippen LogP contribution < -0.4 is 5.32 Å². The van der Waals surface area contributed by atoms with Crippen LogP contribution in [-0.4, -0.2) is 37.8 Å². The minimum absolute atomic E-state index is 0.359. The molecule has 1 N–H and O–H groups in total. The summed E-state index contributed by atoms with van der Waals surface area (Å²) in [6.07, 6.45) is 1.09. The third kappa shape index (κ3) is 2.70. The lowest BCUT2D eigenvalue weighted by Gasteiger charge is -2.07. The Morgan fingerprint density at radius 3 is 3.38 bits per heavy atom. The van der Waals surface area contributed by atoms with Crippen molar-refractivity contribution in [3.63, 3.8) is 0 Å². The van der Waals surface area contributed by atoms with E-state index in [1.165, 1.54) is 18.4 Å². The Labute approximate surface area is 97.8 Å². The number of aromatic nitrogens is 1. The molecule has 1 atom stereocenters. The molecule has 1 unspecified atom stereocenters. The Hall–Kier alpha value is -1.14. The molecule has 1 fully saturated rings. The summed E-state index contributed by atoms with van der Waals surface area (Å²) < 4.78 is 9.86. The number of rotatable bonds is 4. The van der Waals surface area contributed by atoms with Crippen LogP contribution in [0.5, 0.6) is 0 Å². The smallest absolute Gasteiger partial charge is 0.357 e. The minimum Gasteiger partial charge on any atom is -0.464 e. The molecule has 1 aromatic heterocycles. The first kappa shape index (κ1) is 11.3. The van der Waals surface area contributed by atoms with Crippen LogP contribution >= 0.6 is 11.3 Å². The number of esters is 1. The summed E-state index contributed by atoms with van der Waals surface area (Å²) in [6, 6.07) is 0. The van der Waals surface area contributed by atoms with E-state index >= 15 is 0 Å². The Bertz CT molecular complexity index is 361. The lowest BCUT2D eigenvalue weighted by Crippen LogP contribution is -2.14. The maximum atomic E-state index is 11.2. The number of anilines is 1. The Morgan fingerprint density at radius 2 is 2.69 bits per heavy atom. The number of hydrogen-bond acceptors (Lipinski definition) is 6. The fourth-order valence-corrected chi connectivity index (χ4v) is 2.22. The van der Waals surface area contributed by atoms with Crippen molar-refractivity contribution in [2.24, 2.45) is 5.92 Å². The highest BCUT2D eigenvalue weighted by Crippen LogP contribution is 2.18. The fraction of sp³-hybridized carbons (Fsp3) is 0.600. The van der Waals surface area contributed by atoms with Gasteiger partial charge in [-0.2, -0.15) is 0 Å². The standard InChI is InChI=1S/C10H14N2O3S/c1-14-9(13)8-6-16-10(12-8)11-4-7-2-3-15-5-7/h6-7H,2-5H2,1H3,(H,11,12). The second kappa shape index (κ2) is 5.27. The maximum absolute atomic E-state index is 11.2. The number of methoxy groups -OCH3 is 1. The van der Waals surface area contributed by atoms with E-state index in [1.54, 1.807) is 5.38 Å². The predicted molar refractivity (Wildman–Crippen MR) is 60.9 cm³/mol. The number of nitrogens with one attached hydrogen (secondary N) is 1. The second-order valence-electron chi connectivity index (χ2n) is 3.64. The van der Waals surface area contributed by atoms with Crippen molar-refractivity contribution in [2.75, 3.05) is 32.2 Å². The number of carbonyl (C=O) groups is 1. The summed E-state index contributed by atoms with van der Waals surface area (Å²) in [5.74, 6) is 0.152. The van der Waals surface area contributed by atoms with Crippen LogP contribution in [0.3, 0.4) is 0 Å². The van der Waals surface area contributed by atoms with Gasteiger partial charge in [0.05, 0.1) is 13.7 Å². The van der Waals surface area contributed by atoms with Gasteiger partial charge in [-0.05, 0) is 6.42 Å². The minimum atomic E-state index is -0.395. The highest BCUT2D eigenvalue weighted by molar-refractivity contribution is 7.13. The molecule has 0 aromatic carbocycles. The SMILES string of the molecule is COC(=O)c1csc(NCC2CCOC2)n1. The van der Waals surface area contributed by atoms with Gasteiger partial charge in [0.2, 0.25) is 0 Å². The molecule has 0 amide bonds. The van der Waals surface area contributed by atoms with E-state index in [2.05, 4.69) is 15.0 Å². The van der Waals surface area contributed by atoms with Gasteiger partial charge in [0.15, 0.2) is 10.8 Å². The summed E-state index contributed by atoms with van der Waals surface area (Å²) in [4.78, 5) is 15.3. The molecule has 0 bridgehead atoms. The van der Waals surface area contributed by atoms with Gasteiger partial charge in [-0.25, -0.2) is 9.78 Å². The van der Waals surface area contributed by atoms with Gasteiger partial charge in [0, 0.05) is 24.4 Å². The summed E-state index contributed by atoms with van der Waals surface area (Å²) in [7, 11) is 1.35. The zero-order valence-electron chi connectivity index (χ0n) is 9.06. The van der Waals surface area contributed by atoms with E-state index in [0.29, 0.717) is 11.6 Å². The van der Waals surface area contributed by atoms with Crippen LogP contribution in [0.2, 0.25) is 0 Å². The molecular weight excluding hydrogens is 228 g/mol. The van der Waals surface area contributed by atoms with E-state index in [-0.39, 0.29) is 0 Å². The number of nitrogens with zero attached hydrogens (tertiary/aromatic N) is 1. The highest BCUT2D eigenvalue weighted by Gasteiger charge is 2.16. The molecule has 1 aromatic rings. The quantitative estimate of drug-likeness (QED) is 0.808. The van der Waals surface area contributed by atoms with Crippen molar-refractivity contribution in [3.8, 4) is 0 Å². The summed E-state index contributed by atoms with van der Waals surface area (Å²) >= 11 is 1.41. The van der Waals surface area contributed by atoms with Crippen molar-refractivity contribution in [1.82, 2.24) is 4.98 Å². The monoisotopic (exact) mass is 242 g/mol. The van der Waals surface area contributed by atoms with Crippen LogP contribution in [0.4, 0.5) is 5.13 Å². The van der Waals surface area contributed by atoms with Crippen LogP contribution in [0.25, 0.3) is 0 Å². The lowest BCUT2D eigenvalue weighted by atomic mass is 10.1. The molecule has 0 spiro atoms. The average Bonchev–Trinajstić information content (AvgIpc) is 2.96. The molecule has 0 radical (unpaired) electrons. The molecule has 1 saturated heterocycles. The van der Waals surface area contributed by atoms with E-state index in [4.69, 9.17) is 4.74 Å². The third-order valence-electron chi connectivity index (χ3n) is 2.46. The van der Waals surface area contributed by atoms with Gasteiger partial charge in [-0.1, -0.05) is 0 Å². The largest absolute Gasteiger partial charge is 0.464 e. The molecule has 2 heterocycles. The zero-order valence-corrected chi connectivity index (χ0v) is 9.88. The van der Waals surface area contributed by atoms with E-state index in [0.717, 1.165) is 31.3 Å². The summed E-state index contributed by atoms with van der Waals surface area (Å²) in [6.45, 7) is 2.49. The molecule has 16 heavy (non-hydrogen) atoms.